The summed E-state index contributed by atoms with van der Waals surface area (Å²) in [4.78, 5) is 20.9. The van der Waals surface area contributed by atoms with E-state index < -0.39 is 5.97 Å². The molecule has 0 atom stereocenters. The second-order valence-electron chi connectivity index (χ2n) is 7.06. The van der Waals surface area contributed by atoms with E-state index in [9.17, 15) is 4.79 Å². The molecule has 1 aliphatic rings. The molecule has 0 unspecified atom stereocenters. The van der Waals surface area contributed by atoms with E-state index in [1.54, 1.807) is 23.7 Å². The predicted molar refractivity (Wildman–Crippen MR) is 115 cm³/mol. The van der Waals surface area contributed by atoms with Crippen molar-refractivity contribution in [1.29, 1.82) is 0 Å². The molecular formula is C22H18N2O3S2. The van der Waals surface area contributed by atoms with E-state index in [0.29, 0.717) is 11.5 Å². The van der Waals surface area contributed by atoms with Crippen molar-refractivity contribution in [3.8, 4) is 11.1 Å². The zero-order chi connectivity index (χ0) is 19.8. The SMILES string of the molecule is O=C(O)c1ccc(CSc2ncnc3scc(-c4ccc5c(c4)CCCC5)c23)o1. The van der Waals surface area contributed by atoms with Gasteiger partial charge in [0.2, 0.25) is 5.76 Å². The smallest absolute Gasteiger partial charge is 0.371 e. The number of carboxylic acid groups (broad SMARTS) is 1. The van der Waals surface area contributed by atoms with E-state index in [4.69, 9.17) is 9.52 Å². The van der Waals surface area contributed by atoms with Gasteiger partial charge in [-0.15, -0.1) is 11.3 Å². The lowest BCUT2D eigenvalue weighted by atomic mass is 9.89. The van der Waals surface area contributed by atoms with Crippen molar-refractivity contribution in [2.75, 3.05) is 0 Å². The number of aryl methyl sites for hydroxylation is 2. The third kappa shape index (κ3) is 3.56. The Hall–Kier alpha value is -2.64. The van der Waals surface area contributed by atoms with Crippen molar-refractivity contribution in [3.05, 3.63) is 64.7 Å². The van der Waals surface area contributed by atoms with Gasteiger partial charge in [-0.25, -0.2) is 14.8 Å². The summed E-state index contributed by atoms with van der Waals surface area (Å²) in [5.74, 6) is 0.0282. The van der Waals surface area contributed by atoms with Crippen LogP contribution in [0.3, 0.4) is 0 Å². The van der Waals surface area contributed by atoms with E-state index in [2.05, 4.69) is 33.5 Å². The van der Waals surface area contributed by atoms with E-state index in [1.807, 2.05) is 0 Å². The van der Waals surface area contributed by atoms with Crippen LogP contribution in [-0.2, 0) is 18.6 Å². The molecule has 7 heteroatoms. The average Bonchev–Trinajstić information content (AvgIpc) is 3.39. The fraction of sp³-hybridized carbons (Fsp3) is 0.227. The third-order valence-corrected chi connectivity index (χ3v) is 7.12. The molecule has 0 radical (unpaired) electrons. The van der Waals surface area contributed by atoms with Gasteiger partial charge in [0.1, 0.15) is 21.9 Å². The minimum absolute atomic E-state index is 0.0429. The second-order valence-corrected chi connectivity index (χ2v) is 8.88. The van der Waals surface area contributed by atoms with Crippen LogP contribution >= 0.6 is 23.1 Å². The number of thioether (sulfide) groups is 1. The van der Waals surface area contributed by atoms with Crippen LogP contribution in [0.5, 0.6) is 0 Å². The number of benzene rings is 1. The Bertz CT molecular complexity index is 1210. The molecule has 29 heavy (non-hydrogen) atoms. The first-order valence-electron chi connectivity index (χ1n) is 9.48. The predicted octanol–water partition coefficient (Wildman–Crippen LogP) is 5.82. The maximum absolute atomic E-state index is 11.0. The van der Waals surface area contributed by atoms with E-state index >= 15 is 0 Å². The van der Waals surface area contributed by atoms with Gasteiger partial charge in [0, 0.05) is 10.9 Å². The van der Waals surface area contributed by atoms with Crippen LogP contribution in [0.4, 0.5) is 0 Å². The minimum atomic E-state index is -1.06. The molecule has 146 valence electrons. The lowest BCUT2D eigenvalue weighted by Crippen LogP contribution is -2.02. The summed E-state index contributed by atoms with van der Waals surface area (Å²) in [6.45, 7) is 0. The highest BCUT2D eigenvalue weighted by Gasteiger charge is 2.17. The number of aromatic carboxylic acids is 1. The molecule has 5 nitrogen and oxygen atoms in total. The number of thiophene rings is 1. The number of carboxylic acids is 1. The lowest BCUT2D eigenvalue weighted by molar-refractivity contribution is 0.0661. The van der Waals surface area contributed by atoms with Crippen molar-refractivity contribution < 1.29 is 14.3 Å². The average molecular weight is 423 g/mol. The van der Waals surface area contributed by atoms with Gasteiger partial charge in [-0.3, -0.25) is 0 Å². The Labute approximate surface area is 175 Å². The maximum atomic E-state index is 11.0. The Morgan fingerprint density at radius 1 is 1.14 bits per heavy atom. The van der Waals surface area contributed by atoms with Crippen molar-refractivity contribution in [1.82, 2.24) is 9.97 Å². The topological polar surface area (TPSA) is 76.2 Å². The van der Waals surface area contributed by atoms with Crippen LogP contribution in [0.2, 0.25) is 0 Å². The number of rotatable bonds is 5. The largest absolute Gasteiger partial charge is 0.475 e. The fourth-order valence-corrected chi connectivity index (χ4v) is 5.67. The fourth-order valence-electron chi connectivity index (χ4n) is 3.78. The number of hydrogen-bond donors (Lipinski definition) is 1. The standard InChI is InChI=1S/C22H18N2O3S2/c25-22(26)18-8-7-16(27-18)10-28-20-19-17(11-29-21(19)24-12-23-20)15-6-5-13-3-1-2-4-14(13)9-15/h5-9,11-12H,1-4,10H2,(H,25,26). The highest BCUT2D eigenvalue weighted by atomic mass is 32.2. The third-order valence-electron chi connectivity index (χ3n) is 5.22. The first-order valence-corrected chi connectivity index (χ1v) is 11.3. The van der Waals surface area contributed by atoms with Crippen LogP contribution in [0.15, 0.2) is 51.5 Å². The van der Waals surface area contributed by atoms with Crippen LogP contribution < -0.4 is 0 Å². The van der Waals surface area contributed by atoms with Crippen molar-refractivity contribution >= 4 is 39.3 Å². The van der Waals surface area contributed by atoms with Crippen LogP contribution in [0.25, 0.3) is 21.3 Å². The zero-order valence-corrected chi connectivity index (χ0v) is 17.2. The molecule has 0 fully saturated rings. The number of nitrogens with zero attached hydrogens (tertiary/aromatic N) is 2. The van der Waals surface area contributed by atoms with E-state index in [1.165, 1.54) is 53.8 Å². The van der Waals surface area contributed by atoms with Gasteiger partial charge in [0.05, 0.1) is 11.1 Å². The Kier molecular flexibility index (Phi) is 4.85. The van der Waals surface area contributed by atoms with Crippen molar-refractivity contribution in [3.63, 3.8) is 0 Å². The summed E-state index contributed by atoms with van der Waals surface area (Å²) in [7, 11) is 0. The molecule has 0 bridgehead atoms. The minimum Gasteiger partial charge on any atom is -0.475 e. The summed E-state index contributed by atoms with van der Waals surface area (Å²) >= 11 is 3.16. The molecule has 1 aliphatic carbocycles. The molecule has 0 aliphatic heterocycles. The summed E-state index contributed by atoms with van der Waals surface area (Å²) < 4.78 is 5.38. The Balaban J connectivity index is 1.49. The zero-order valence-electron chi connectivity index (χ0n) is 15.6. The normalized spacial score (nSPS) is 13.5. The molecule has 0 amide bonds. The van der Waals surface area contributed by atoms with Gasteiger partial charge in [-0.2, -0.15) is 0 Å². The number of fused-ring (bicyclic) bond motifs is 2. The number of aromatic nitrogens is 2. The highest BCUT2D eigenvalue weighted by molar-refractivity contribution is 7.98. The first kappa shape index (κ1) is 18.4. The van der Waals surface area contributed by atoms with E-state index in [0.717, 1.165) is 27.2 Å². The molecule has 3 heterocycles. The number of furan rings is 1. The van der Waals surface area contributed by atoms with Crippen molar-refractivity contribution in [2.24, 2.45) is 0 Å². The van der Waals surface area contributed by atoms with E-state index in [-0.39, 0.29) is 5.76 Å². The summed E-state index contributed by atoms with van der Waals surface area (Å²) in [5, 5.41) is 13.1. The van der Waals surface area contributed by atoms with Gasteiger partial charge in [-0.1, -0.05) is 30.0 Å². The van der Waals surface area contributed by atoms with Crippen molar-refractivity contribution in [2.45, 2.75) is 36.5 Å². The molecule has 1 N–H and O–H groups in total. The first-order chi connectivity index (χ1) is 14.2. The summed E-state index contributed by atoms with van der Waals surface area (Å²) in [6, 6.07) is 9.98. The van der Waals surface area contributed by atoms with Gasteiger partial charge in [0.25, 0.3) is 0 Å². The van der Waals surface area contributed by atoms with Gasteiger partial charge in [0.15, 0.2) is 0 Å². The number of hydrogen-bond acceptors (Lipinski definition) is 6. The Morgan fingerprint density at radius 2 is 2.00 bits per heavy atom. The molecule has 0 saturated carbocycles. The Morgan fingerprint density at radius 3 is 2.83 bits per heavy atom. The van der Waals surface area contributed by atoms with Gasteiger partial charge < -0.3 is 9.52 Å². The second kappa shape index (κ2) is 7.65. The number of carbonyl (C=O) groups is 1. The summed E-state index contributed by atoms with van der Waals surface area (Å²) in [6.07, 6.45) is 6.44. The molecule has 0 spiro atoms. The maximum Gasteiger partial charge on any atom is 0.371 e. The monoisotopic (exact) mass is 422 g/mol. The molecule has 5 rings (SSSR count). The summed E-state index contributed by atoms with van der Waals surface area (Å²) in [5.41, 5.74) is 5.29. The van der Waals surface area contributed by atoms with Crippen LogP contribution in [0, 0.1) is 0 Å². The lowest BCUT2D eigenvalue weighted by Gasteiger charge is -2.16. The highest BCUT2D eigenvalue weighted by Crippen LogP contribution is 2.39. The quantitative estimate of drug-likeness (QED) is 0.323. The van der Waals surface area contributed by atoms with Gasteiger partial charge in [-0.05, 0) is 54.5 Å². The van der Waals surface area contributed by atoms with Crippen LogP contribution in [0.1, 0.15) is 40.3 Å². The molecule has 4 aromatic rings. The molecule has 0 saturated heterocycles. The molecule has 1 aromatic carbocycles. The molecule has 3 aromatic heterocycles. The van der Waals surface area contributed by atoms with Crippen LogP contribution in [-0.4, -0.2) is 21.0 Å². The van der Waals surface area contributed by atoms with Gasteiger partial charge >= 0.3 is 5.97 Å². The molecular weight excluding hydrogens is 404 g/mol.